The average Bonchev–Trinajstić information content (AvgIpc) is 2.72. The van der Waals surface area contributed by atoms with E-state index in [2.05, 4.69) is 10.3 Å². The minimum atomic E-state index is -0.670. The highest BCUT2D eigenvalue weighted by atomic mass is 35.5. The SMILES string of the molecule is Nc1cccc(CCCOCCCCCCNCC(O)c2cc(Cl)c(N)c(Cl)c2)n1. The Morgan fingerprint density at radius 1 is 1.00 bits per heavy atom. The molecule has 8 heteroatoms. The number of ether oxygens (including phenoxy) is 1. The second-order valence-corrected chi connectivity index (χ2v) is 8.12. The molecule has 1 heterocycles. The van der Waals surface area contributed by atoms with Crippen LogP contribution in [0.2, 0.25) is 10.0 Å². The smallest absolute Gasteiger partial charge is 0.123 e. The molecule has 6 N–H and O–H groups in total. The van der Waals surface area contributed by atoms with E-state index in [0.29, 0.717) is 33.7 Å². The van der Waals surface area contributed by atoms with Crippen LogP contribution in [0.4, 0.5) is 11.5 Å². The molecule has 1 aromatic heterocycles. The summed E-state index contributed by atoms with van der Waals surface area (Å²) < 4.78 is 5.68. The van der Waals surface area contributed by atoms with Gasteiger partial charge < -0.3 is 26.6 Å². The van der Waals surface area contributed by atoms with E-state index in [1.54, 1.807) is 18.2 Å². The van der Waals surface area contributed by atoms with Crippen LogP contribution in [0.25, 0.3) is 0 Å². The Kier molecular flexibility index (Phi) is 11.3. The molecule has 0 aliphatic heterocycles. The van der Waals surface area contributed by atoms with Crippen LogP contribution in [0.5, 0.6) is 0 Å². The number of nitrogens with two attached hydrogens (primary N) is 2. The second kappa shape index (κ2) is 13.7. The van der Waals surface area contributed by atoms with Crippen molar-refractivity contribution in [1.82, 2.24) is 10.3 Å². The highest BCUT2D eigenvalue weighted by molar-refractivity contribution is 6.38. The predicted octanol–water partition coefficient (Wildman–Crippen LogP) is 4.39. The maximum absolute atomic E-state index is 10.2. The van der Waals surface area contributed by atoms with E-state index < -0.39 is 6.10 Å². The lowest BCUT2D eigenvalue weighted by atomic mass is 10.1. The van der Waals surface area contributed by atoms with Crippen molar-refractivity contribution >= 4 is 34.7 Å². The molecule has 0 aliphatic rings. The minimum Gasteiger partial charge on any atom is -0.396 e. The standard InChI is InChI=1S/C22H32Cl2N4O2/c23-18-13-16(14-19(24)22(18)26)20(29)15-27-10-3-1-2-4-11-30-12-6-8-17-7-5-9-21(25)28-17/h5,7,9,13-14,20,27,29H,1-4,6,8,10-12,15,26H2,(H2,25,28). The number of aliphatic hydroxyl groups is 1. The molecule has 2 rings (SSSR count). The normalized spacial score (nSPS) is 12.2. The monoisotopic (exact) mass is 454 g/mol. The molecule has 0 fully saturated rings. The fourth-order valence-electron chi connectivity index (χ4n) is 3.06. The molecule has 6 nitrogen and oxygen atoms in total. The van der Waals surface area contributed by atoms with Crippen LogP contribution in [-0.2, 0) is 11.2 Å². The molecule has 1 atom stereocenters. The number of hydrogen-bond donors (Lipinski definition) is 4. The number of benzene rings is 1. The Hall–Kier alpha value is -1.57. The summed E-state index contributed by atoms with van der Waals surface area (Å²) in [6.45, 7) is 2.83. The highest BCUT2D eigenvalue weighted by Crippen LogP contribution is 2.31. The number of aryl methyl sites for hydroxylation is 1. The first-order valence-corrected chi connectivity index (χ1v) is 11.2. The quantitative estimate of drug-likeness (QED) is 0.249. The molecule has 166 valence electrons. The fourth-order valence-corrected chi connectivity index (χ4v) is 3.56. The lowest BCUT2D eigenvalue weighted by molar-refractivity contribution is 0.127. The van der Waals surface area contributed by atoms with Gasteiger partial charge in [-0.3, -0.25) is 0 Å². The van der Waals surface area contributed by atoms with Gasteiger partial charge in [-0.15, -0.1) is 0 Å². The van der Waals surface area contributed by atoms with Gasteiger partial charge >= 0.3 is 0 Å². The Morgan fingerprint density at radius 3 is 2.43 bits per heavy atom. The Labute approximate surface area is 188 Å². The van der Waals surface area contributed by atoms with Crippen LogP contribution in [0, 0.1) is 0 Å². The largest absolute Gasteiger partial charge is 0.396 e. The fraction of sp³-hybridized carbons (Fsp3) is 0.500. The summed E-state index contributed by atoms with van der Waals surface area (Å²) in [5.74, 6) is 0.566. The molecule has 1 aromatic carbocycles. The number of aromatic nitrogens is 1. The van der Waals surface area contributed by atoms with Gasteiger partial charge in [-0.05, 0) is 62.1 Å². The third-order valence-electron chi connectivity index (χ3n) is 4.77. The van der Waals surface area contributed by atoms with Gasteiger partial charge in [0.05, 0.1) is 21.8 Å². The Morgan fingerprint density at radius 2 is 1.70 bits per heavy atom. The number of unbranched alkanes of at least 4 members (excludes halogenated alkanes) is 3. The van der Waals surface area contributed by atoms with E-state index in [4.69, 9.17) is 39.4 Å². The molecule has 1 unspecified atom stereocenters. The van der Waals surface area contributed by atoms with Crippen LogP contribution >= 0.6 is 23.2 Å². The van der Waals surface area contributed by atoms with Crippen molar-refractivity contribution in [3.8, 4) is 0 Å². The summed E-state index contributed by atoms with van der Waals surface area (Å²) in [6, 6.07) is 9.02. The van der Waals surface area contributed by atoms with Crippen LogP contribution < -0.4 is 16.8 Å². The average molecular weight is 455 g/mol. The van der Waals surface area contributed by atoms with E-state index in [1.807, 2.05) is 12.1 Å². The summed E-state index contributed by atoms with van der Waals surface area (Å²) in [5, 5.41) is 14.2. The lowest BCUT2D eigenvalue weighted by Crippen LogP contribution is -2.22. The number of anilines is 2. The van der Waals surface area contributed by atoms with Gasteiger partial charge in [0.25, 0.3) is 0 Å². The molecule has 0 saturated carbocycles. The predicted molar refractivity (Wildman–Crippen MR) is 125 cm³/mol. The number of pyridine rings is 1. The molecule has 0 saturated heterocycles. The molecule has 30 heavy (non-hydrogen) atoms. The number of nitrogen functional groups attached to an aromatic ring is 2. The second-order valence-electron chi connectivity index (χ2n) is 7.30. The van der Waals surface area contributed by atoms with Gasteiger partial charge in [-0.1, -0.05) is 42.1 Å². The van der Waals surface area contributed by atoms with Crippen molar-refractivity contribution in [3.63, 3.8) is 0 Å². The number of hydrogen-bond acceptors (Lipinski definition) is 6. The van der Waals surface area contributed by atoms with E-state index >= 15 is 0 Å². The first-order valence-electron chi connectivity index (χ1n) is 10.4. The number of aliphatic hydroxyl groups excluding tert-OH is 1. The first-order chi connectivity index (χ1) is 14.5. The Bertz CT molecular complexity index is 754. The van der Waals surface area contributed by atoms with E-state index in [9.17, 15) is 5.11 Å². The number of nitrogens with one attached hydrogen (secondary N) is 1. The summed E-state index contributed by atoms with van der Waals surface area (Å²) >= 11 is 12.0. The van der Waals surface area contributed by atoms with Gasteiger partial charge in [0.15, 0.2) is 0 Å². The summed E-state index contributed by atoms with van der Waals surface area (Å²) in [7, 11) is 0. The zero-order chi connectivity index (χ0) is 21.8. The number of halogens is 2. The molecule has 0 spiro atoms. The summed E-state index contributed by atoms with van der Waals surface area (Å²) in [6.07, 6.45) is 5.53. The van der Waals surface area contributed by atoms with Crippen LogP contribution in [-0.4, -0.2) is 36.4 Å². The molecule has 2 aromatic rings. The maximum atomic E-state index is 10.2. The van der Waals surface area contributed by atoms with Gasteiger partial charge in [-0.2, -0.15) is 0 Å². The van der Waals surface area contributed by atoms with Gasteiger partial charge in [0.2, 0.25) is 0 Å². The number of rotatable bonds is 14. The Balaban J connectivity index is 1.43. The molecular formula is C22H32Cl2N4O2. The molecule has 0 radical (unpaired) electrons. The van der Waals surface area contributed by atoms with Crippen molar-refractivity contribution in [2.45, 2.75) is 44.6 Å². The highest BCUT2D eigenvalue weighted by Gasteiger charge is 2.11. The van der Waals surface area contributed by atoms with Crippen molar-refractivity contribution in [2.75, 3.05) is 37.8 Å². The third-order valence-corrected chi connectivity index (χ3v) is 5.39. The lowest BCUT2D eigenvalue weighted by Gasteiger charge is -2.14. The molecular weight excluding hydrogens is 423 g/mol. The minimum absolute atomic E-state index is 0.338. The zero-order valence-electron chi connectivity index (χ0n) is 17.2. The molecule has 0 amide bonds. The van der Waals surface area contributed by atoms with E-state index in [-0.39, 0.29) is 0 Å². The maximum Gasteiger partial charge on any atom is 0.123 e. The van der Waals surface area contributed by atoms with Crippen molar-refractivity contribution in [1.29, 1.82) is 0 Å². The molecule has 0 aliphatic carbocycles. The van der Waals surface area contributed by atoms with Crippen molar-refractivity contribution < 1.29 is 9.84 Å². The zero-order valence-corrected chi connectivity index (χ0v) is 18.8. The van der Waals surface area contributed by atoms with Crippen molar-refractivity contribution in [3.05, 3.63) is 51.6 Å². The first kappa shape index (κ1) is 24.7. The third kappa shape index (κ3) is 9.06. The summed E-state index contributed by atoms with van der Waals surface area (Å²) in [4.78, 5) is 4.28. The van der Waals surface area contributed by atoms with Gasteiger partial charge in [0, 0.05) is 25.5 Å². The van der Waals surface area contributed by atoms with Crippen LogP contribution in [0.15, 0.2) is 30.3 Å². The topological polar surface area (TPSA) is 106 Å². The van der Waals surface area contributed by atoms with E-state index in [1.165, 1.54) is 0 Å². The molecule has 0 bridgehead atoms. The van der Waals surface area contributed by atoms with E-state index in [0.717, 1.165) is 64.0 Å². The summed E-state index contributed by atoms with van der Waals surface area (Å²) in [5.41, 5.74) is 13.4. The van der Waals surface area contributed by atoms with Crippen LogP contribution in [0.1, 0.15) is 49.5 Å². The number of nitrogens with zero attached hydrogens (tertiary/aromatic N) is 1. The van der Waals surface area contributed by atoms with Gasteiger partial charge in [0.1, 0.15) is 5.82 Å². The van der Waals surface area contributed by atoms with Gasteiger partial charge in [-0.25, -0.2) is 4.98 Å². The van der Waals surface area contributed by atoms with Crippen molar-refractivity contribution in [2.24, 2.45) is 0 Å². The van der Waals surface area contributed by atoms with Crippen LogP contribution in [0.3, 0.4) is 0 Å².